The topological polar surface area (TPSA) is 153 Å². The first-order valence-electron chi connectivity index (χ1n) is 12.7. The van der Waals surface area contributed by atoms with E-state index in [0.717, 1.165) is 0 Å². The number of hydrogen-bond donors (Lipinski definition) is 1. The Morgan fingerprint density at radius 3 is 1.42 bits per heavy atom. The minimum absolute atomic E-state index is 0.0761. The van der Waals surface area contributed by atoms with Crippen LogP contribution in [0.4, 0.5) is 0 Å². The van der Waals surface area contributed by atoms with E-state index >= 15 is 0 Å². The molecule has 2 aliphatic heterocycles. The Bertz CT molecular complexity index is 1460. The van der Waals surface area contributed by atoms with Gasteiger partial charge >= 0.3 is 23.9 Å². The molecule has 43 heavy (non-hydrogen) atoms. The molecule has 12 nitrogen and oxygen atoms in total. The molecule has 0 bridgehead atoms. The molecule has 4 rings (SSSR count). The normalized spacial score (nSPS) is 17.8. The van der Waals surface area contributed by atoms with Gasteiger partial charge in [-0.3, -0.25) is 0 Å². The number of cyclic esters (lactones) is 2. The molecule has 0 amide bonds. The first kappa shape index (κ1) is 32.0. The highest BCUT2D eigenvalue weighted by Crippen LogP contribution is 2.23. The quantitative estimate of drug-likeness (QED) is 0.194. The third kappa shape index (κ3) is 8.73. The fourth-order valence-corrected chi connectivity index (χ4v) is 3.51. The highest BCUT2D eigenvalue weighted by atomic mass is 16.7. The number of benzene rings is 2. The Balaban J connectivity index is 0.000000236. The van der Waals surface area contributed by atoms with Gasteiger partial charge in [-0.25, -0.2) is 19.2 Å². The van der Waals surface area contributed by atoms with Gasteiger partial charge in [0.05, 0.1) is 21.3 Å². The first-order chi connectivity index (χ1) is 20.6. The highest BCUT2D eigenvalue weighted by Gasteiger charge is 2.24. The molecule has 1 N–H and O–H groups in total. The number of phenolic OH excluding ortho intramolecular Hbond substituents is 1. The lowest BCUT2D eigenvalue weighted by atomic mass is 10.1. The van der Waals surface area contributed by atoms with Gasteiger partial charge in [-0.15, -0.1) is 0 Å². The summed E-state index contributed by atoms with van der Waals surface area (Å²) in [5.41, 5.74) is 2.35. The summed E-state index contributed by atoms with van der Waals surface area (Å²) in [6.07, 6.45) is 3.72. The molecular formula is C31H30O12. The van der Waals surface area contributed by atoms with Crippen molar-refractivity contribution in [1.29, 1.82) is 0 Å². The predicted molar refractivity (Wildman–Crippen MR) is 151 cm³/mol. The van der Waals surface area contributed by atoms with E-state index in [4.69, 9.17) is 28.4 Å². The van der Waals surface area contributed by atoms with Gasteiger partial charge in [-0.2, -0.15) is 0 Å². The number of carbonyl (C=O) groups is 4. The molecule has 0 radical (unpaired) electrons. The van der Waals surface area contributed by atoms with E-state index in [2.05, 4.69) is 4.74 Å². The smallest absolute Gasteiger partial charge is 0.341 e. The summed E-state index contributed by atoms with van der Waals surface area (Å²) in [5, 5.41) is 9.26. The van der Waals surface area contributed by atoms with Crippen LogP contribution in [0.3, 0.4) is 0 Å². The Hall–Kier alpha value is -5.52. The van der Waals surface area contributed by atoms with Crippen LogP contribution in [0.25, 0.3) is 11.1 Å². The van der Waals surface area contributed by atoms with Crippen molar-refractivity contribution >= 4 is 35.0 Å². The third-order valence-electron chi connectivity index (χ3n) is 5.89. The fraction of sp³-hybridized carbons (Fsp3) is 0.226. The van der Waals surface area contributed by atoms with Gasteiger partial charge in [-0.1, -0.05) is 24.3 Å². The molecule has 0 aliphatic carbocycles. The maximum atomic E-state index is 11.9. The molecule has 2 heterocycles. The number of carbonyl (C=O) groups excluding carboxylic acids is 4. The first-order valence-corrected chi connectivity index (χ1v) is 12.7. The van der Waals surface area contributed by atoms with Gasteiger partial charge in [0.15, 0.2) is 0 Å². The molecular weight excluding hydrogens is 564 g/mol. The number of phenols is 1. The van der Waals surface area contributed by atoms with Crippen molar-refractivity contribution in [3.63, 3.8) is 0 Å². The van der Waals surface area contributed by atoms with Crippen molar-refractivity contribution in [2.45, 2.75) is 26.4 Å². The zero-order valence-electron chi connectivity index (χ0n) is 24.0. The van der Waals surface area contributed by atoms with E-state index in [1.54, 1.807) is 57.4 Å². The van der Waals surface area contributed by atoms with E-state index in [0.29, 0.717) is 28.0 Å². The monoisotopic (exact) mass is 594 g/mol. The lowest BCUT2D eigenvalue weighted by molar-refractivity contribution is -0.153. The van der Waals surface area contributed by atoms with Crippen molar-refractivity contribution in [2.75, 3.05) is 21.3 Å². The van der Waals surface area contributed by atoms with Crippen LogP contribution in [0, 0.1) is 0 Å². The number of hydrogen-bond acceptors (Lipinski definition) is 12. The van der Waals surface area contributed by atoms with Gasteiger partial charge in [-0.05, 0) is 49.2 Å². The Morgan fingerprint density at radius 2 is 1.09 bits per heavy atom. The second kappa shape index (κ2) is 14.9. The lowest BCUT2D eigenvalue weighted by Gasteiger charge is -2.10. The second-order valence-electron chi connectivity index (χ2n) is 8.84. The molecule has 2 aromatic rings. The number of esters is 4. The van der Waals surface area contributed by atoms with Crippen molar-refractivity contribution in [1.82, 2.24) is 0 Å². The van der Waals surface area contributed by atoms with Gasteiger partial charge in [0.25, 0.3) is 12.6 Å². The molecule has 0 aromatic heterocycles. The molecule has 2 aliphatic rings. The van der Waals surface area contributed by atoms with Crippen molar-refractivity contribution < 1.29 is 57.4 Å². The zero-order valence-corrected chi connectivity index (χ0v) is 24.0. The Morgan fingerprint density at radius 1 is 0.698 bits per heavy atom. The second-order valence-corrected chi connectivity index (χ2v) is 8.84. The van der Waals surface area contributed by atoms with Crippen LogP contribution in [-0.4, -0.2) is 62.9 Å². The van der Waals surface area contributed by atoms with Crippen molar-refractivity contribution in [3.05, 3.63) is 95.5 Å². The molecule has 0 spiro atoms. The minimum Gasteiger partial charge on any atom is -0.508 e. The summed E-state index contributed by atoms with van der Waals surface area (Å²) in [6.45, 7) is 3.23. The van der Waals surface area contributed by atoms with Gasteiger partial charge in [0.1, 0.15) is 35.2 Å². The average Bonchev–Trinajstić information content (AvgIpc) is 3.51. The van der Waals surface area contributed by atoms with Crippen LogP contribution in [0.1, 0.15) is 25.0 Å². The third-order valence-corrected chi connectivity index (χ3v) is 5.89. The molecule has 12 heteroatoms. The number of methoxy groups -OCH3 is 3. The number of ether oxygens (including phenoxy) is 7. The lowest BCUT2D eigenvalue weighted by Crippen LogP contribution is -2.11. The zero-order chi connectivity index (χ0) is 31.5. The summed E-state index contributed by atoms with van der Waals surface area (Å²) in [6, 6.07) is 12.8. The SMILES string of the molecule is COC(=O)/C(=C/OC1C=C(C)C(=O)O1)c1ccc(O)cc1.COC(=O)/C(=C/OC1C=C(C)C(=O)O1)c1ccc(OC)cc1. The minimum atomic E-state index is -0.866. The molecule has 0 saturated heterocycles. The fourth-order valence-electron chi connectivity index (χ4n) is 3.51. The Kier molecular flexibility index (Phi) is 11.1. The number of rotatable bonds is 9. The van der Waals surface area contributed by atoms with E-state index < -0.39 is 36.5 Å². The maximum Gasteiger partial charge on any atom is 0.341 e. The van der Waals surface area contributed by atoms with Crippen LogP contribution in [0.5, 0.6) is 11.5 Å². The van der Waals surface area contributed by atoms with Gasteiger partial charge < -0.3 is 38.3 Å². The van der Waals surface area contributed by atoms with E-state index in [1.807, 2.05) is 0 Å². The predicted octanol–water partition coefficient (Wildman–Crippen LogP) is 3.81. The molecule has 2 unspecified atom stereocenters. The largest absolute Gasteiger partial charge is 0.508 e. The standard InChI is InChI=1S/C16H16O6.C15H14O6/c1-10-8-14(22-15(10)17)21-9-13(16(18)20-3)11-4-6-12(19-2)7-5-11;1-9-7-13(21-14(9)17)20-8-12(15(18)19-2)10-3-5-11(16)6-4-10/h4-9,14H,1-3H3;3-8,13,16H,1-2H3/b13-9+;12-8+. The van der Waals surface area contributed by atoms with Crippen LogP contribution >= 0.6 is 0 Å². The van der Waals surface area contributed by atoms with E-state index in [1.165, 1.54) is 51.0 Å². The number of aromatic hydroxyl groups is 1. The Labute approximate surface area is 247 Å². The summed E-state index contributed by atoms with van der Waals surface area (Å²) >= 11 is 0. The van der Waals surface area contributed by atoms with Gasteiger partial charge in [0.2, 0.25) is 0 Å². The molecule has 2 atom stereocenters. The van der Waals surface area contributed by atoms with Crippen LogP contribution in [0.15, 0.2) is 84.4 Å². The molecule has 2 aromatic carbocycles. The van der Waals surface area contributed by atoms with Gasteiger partial charge in [0, 0.05) is 23.3 Å². The van der Waals surface area contributed by atoms with Crippen LogP contribution in [0.2, 0.25) is 0 Å². The summed E-state index contributed by atoms with van der Waals surface area (Å²) in [5.74, 6) is -1.33. The summed E-state index contributed by atoms with van der Waals surface area (Å²) in [4.78, 5) is 46.1. The van der Waals surface area contributed by atoms with E-state index in [-0.39, 0.29) is 16.9 Å². The van der Waals surface area contributed by atoms with Crippen LogP contribution < -0.4 is 4.74 Å². The summed E-state index contributed by atoms with van der Waals surface area (Å²) in [7, 11) is 4.08. The van der Waals surface area contributed by atoms with Crippen molar-refractivity contribution in [3.8, 4) is 11.5 Å². The average molecular weight is 595 g/mol. The molecule has 0 fully saturated rings. The highest BCUT2D eigenvalue weighted by molar-refractivity contribution is 6.16. The van der Waals surface area contributed by atoms with Crippen molar-refractivity contribution in [2.24, 2.45) is 0 Å². The van der Waals surface area contributed by atoms with E-state index in [9.17, 15) is 24.3 Å². The van der Waals surface area contributed by atoms with Crippen LogP contribution in [-0.2, 0) is 47.6 Å². The molecule has 226 valence electrons. The summed E-state index contributed by atoms with van der Waals surface area (Å²) < 4.78 is 34.9. The maximum absolute atomic E-state index is 11.9. The molecule has 0 saturated carbocycles.